The number of benzene rings is 1. The summed E-state index contributed by atoms with van der Waals surface area (Å²) in [6.45, 7) is 7.51. The zero-order valence-corrected chi connectivity index (χ0v) is 13.2. The Balaban J connectivity index is 1.47. The summed E-state index contributed by atoms with van der Waals surface area (Å²) in [6, 6.07) is 10.5. The van der Waals surface area contributed by atoms with Gasteiger partial charge in [0, 0.05) is 43.8 Å². The van der Waals surface area contributed by atoms with Gasteiger partial charge in [-0.15, -0.1) is 11.3 Å². The normalized spacial score (nSPS) is 16.7. The molecule has 3 rings (SSSR count). The minimum atomic E-state index is 1.03. The van der Waals surface area contributed by atoms with E-state index in [0.29, 0.717) is 0 Å². The highest BCUT2D eigenvalue weighted by Gasteiger charge is 2.17. The molecule has 0 radical (unpaired) electrons. The lowest BCUT2D eigenvalue weighted by Gasteiger charge is -2.33. The standard InChI is InChI=1S/C17H21N3S/c1-15-14-18-17(21-15)20-12-10-19(11-13-20)9-5-8-16-6-3-2-4-7-16/h2-8,14H,9-13H2,1H3/b8-5+. The van der Waals surface area contributed by atoms with Crippen LogP contribution in [0, 0.1) is 6.92 Å². The Morgan fingerprint density at radius 3 is 2.57 bits per heavy atom. The van der Waals surface area contributed by atoms with Crippen molar-refractivity contribution in [2.24, 2.45) is 0 Å². The molecule has 1 fully saturated rings. The number of piperazine rings is 1. The SMILES string of the molecule is Cc1cnc(N2CCN(C/C=C/c3ccccc3)CC2)s1. The van der Waals surface area contributed by atoms with Crippen LogP contribution in [0.3, 0.4) is 0 Å². The summed E-state index contributed by atoms with van der Waals surface area (Å²) in [5.74, 6) is 0. The fraction of sp³-hybridized carbons (Fsp3) is 0.353. The maximum atomic E-state index is 4.48. The second-order valence-electron chi connectivity index (χ2n) is 5.35. The average molecular weight is 299 g/mol. The van der Waals surface area contributed by atoms with E-state index >= 15 is 0 Å². The van der Waals surface area contributed by atoms with Gasteiger partial charge in [-0.05, 0) is 12.5 Å². The monoisotopic (exact) mass is 299 g/mol. The van der Waals surface area contributed by atoms with Gasteiger partial charge in [-0.3, -0.25) is 4.90 Å². The van der Waals surface area contributed by atoms with Gasteiger partial charge >= 0.3 is 0 Å². The van der Waals surface area contributed by atoms with Gasteiger partial charge in [0.2, 0.25) is 0 Å². The van der Waals surface area contributed by atoms with E-state index in [0.717, 1.165) is 32.7 Å². The lowest BCUT2D eigenvalue weighted by Crippen LogP contribution is -2.46. The molecule has 0 aliphatic carbocycles. The molecule has 2 aromatic rings. The number of thiazole rings is 1. The van der Waals surface area contributed by atoms with Crippen LogP contribution in [-0.4, -0.2) is 42.6 Å². The number of nitrogens with zero attached hydrogens (tertiary/aromatic N) is 3. The van der Waals surface area contributed by atoms with Gasteiger partial charge in [-0.2, -0.15) is 0 Å². The largest absolute Gasteiger partial charge is 0.346 e. The number of aryl methyl sites for hydroxylation is 1. The van der Waals surface area contributed by atoms with Gasteiger partial charge in [0.05, 0.1) is 0 Å². The Labute approximate surface area is 130 Å². The molecule has 4 heteroatoms. The van der Waals surface area contributed by atoms with E-state index in [1.807, 2.05) is 6.20 Å². The van der Waals surface area contributed by atoms with E-state index in [1.54, 1.807) is 11.3 Å². The summed E-state index contributed by atoms with van der Waals surface area (Å²) in [7, 11) is 0. The fourth-order valence-electron chi connectivity index (χ4n) is 2.51. The molecule has 0 spiro atoms. The molecule has 0 amide bonds. The van der Waals surface area contributed by atoms with E-state index in [2.05, 4.69) is 64.2 Å². The van der Waals surface area contributed by atoms with Crippen molar-refractivity contribution in [2.45, 2.75) is 6.92 Å². The summed E-state index contributed by atoms with van der Waals surface area (Å²) >= 11 is 1.79. The Hall–Kier alpha value is -1.65. The van der Waals surface area contributed by atoms with Gasteiger partial charge < -0.3 is 4.90 Å². The molecule has 0 atom stereocenters. The molecule has 0 saturated carbocycles. The Bertz CT molecular complexity index is 583. The summed E-state index contributed by atoms with van der Waals surface area (Å²) in [4.78, 5) is 10.7. The number of hydrogen-bond donors (Lipinski definition) is 0. The molecule has 2 heterocycles. The van der Waals surface area contributed by atoms with Crippen molar-refractivity contribution in [3.8, 4) is 0 Å². The van der Waals surface area contributed by atoms with Gasteiger partial charge in [-0.1, -0.05) is 42.5 Å². The highest BCUT2D eigenvalue weighted by Crippen LogP contribution is 2.22. The highest BCUT2D eigenvalue weighted by atomic mass is 32.1. The van der Waals surface area contributed by atoms with Crippen LogP contribution in [0.15, 0.2) is 42.6 Å². The minimum Gasteiger partial charge on any atom is -0.346 e. The maximum absolute atomic E-state index is 4.48. The Morgan fingerprint density at radius 1 is 1.14 bits per heavy atom. The van der Waals surface area contributed by atoms with Gasteiger partial charge in [0.1, 0.15) is 0 Å². The zero-order chi connectivity index (χ0) is 14.5. The lowest BCUT2D eigenvalue weighted by molar-refractivity contribution is 0.284. The first-order valence-electron chi connectivity index (χ1n) is 7.42. The molecule has 1 saturated heterocycles. The van der Waals surface area contributed by atoms with Crippen molar-refractivity contribution in [1.82, 2.24) is 9.88 Å². The lowest BCUT2D eigenvalue weighted by atomic mass is 10.2. The second-order valence-corrected chi connectivity index (χ2v) is 6.57. The molecule has 0 bridgehead atoms. The van der Waals surface area contributed by atoms with E-state index in [-0.39, 0.29) is 0 Å². The van der Waals surface area contributed by atoms with Crippen LogP contribution in [0.25, 0.3) is 6.08 Å². The molecular formula is C17H21N3S. The number of anilines is 1. The first-order valence-corrected chi connectivity index (χ1v) is 8.24. The first-order chi connectivity index (χ1) is 10.3. The molecule has 0 N–H and O–H groups in total. The predicted molar refractivity (Wildman–Crippen MR) is 91.0 cm³/mol. The fourth-order valence-corrected chi connectivity index (χ4v) is 3.32. The van der Waals surface area contributed by atoms with Crippen molar-refractivity contribution < 1.29 is 0 Å². The van der Waals surface area contributed by atoms with Gasteiger partial charge in [0.25, 0.3) is 0 Å². The third kappa shape index (κ3) is 3.93. The molecule has 3 nitrogen and oxygen atoms in total. The topological polar surface area (TPSA) is 19.4 Å². The second kappa shape index (κ2) is 6.87. The van der Waals surface area contributed by atoms with Crippen molar-refractivity contribution in [3.05, 3.63) is 53.0 Å². The van der Waals surface area contributed by atoms with Gasteiger partial charge in [0.15, 0.2) is 5.13 Å². The number of aromatic nitrogens is 1. The zero-order valence-electron chi connectivity index (χ0n) is 12.4. The van der Waals surface area contributed by atoms with Crippen molar-refractivity contribution in [3.63, 3.8) is 0 Å². The van der Waals surface area contributed by atoms with Crippen LogP contribution in [0.1, 0.15) is 10.4 Å². The Kier molecular flexibility index (Phi) is 4.68. The van der Waals surface area contributed by atoms with Crippen molar-refractivity contribution >= 4 is 22.5 Å². The van der Waals surface area contributed by atoms with Crippen LogP contribution in [0.2, 0.25) is 0 Å². The van der Waals surface area contributed by atoms with Crippen LogP contribution < -0.4 is 4.90 Å². The van der Waals surface area contributed by atoms with Crippen LogP contribution in [0.4, 0.5) is 5.13 Å². The van der Waals surface area contributed by atoms with E-state index in [1.165, 1.54) is 15.6 Å². The van der Waals surface area contributed by atoms with Crippen molar-refractivity contribution in [2.75, 3.05) is 37.6 Å². The summed E-state index contributed by atoms with van der Waals surface area (Å²) in [5, 5.41) is 1.17. The maximum Gasteiger partial charge on any atom is 0.185 e. The third-order valence-electron chi connectivity index (χ3n) is 3.73. The molecule has 1 aliphatic heterocycles. The first kappa shape index (κ1) is 14.3. The third-order valence-corrected chi connectivity index (χ3v) is 4.70. The van der Waals surface area contributed by atoms with Crippen LogP contribution >= 0.6 is 11.3 Å². The van der Waals surface area contributed by atoms with Crippen LogP contribution in [-0.2, 0) is 0 Å². The molecule has 1 aliphatic rings. The molecular weight excluding hydrogens is 278 g/mol. The summed E-state index contributed by atoms with van der Waals surface area (Å²) in [5.41, 5.74) is 1.27. The summed E-state index contributed by atoms with van der Waals surface area (Å²) in [6.07, 6.45) is 6.43. The van der Waals surface area contributed by atoms with E-state index in [4.69, 9.17) is 0 Å². The van der Waals surface area contributed by atoms with Crippen molar-refractivity contribution in [1.29, 1.82) is 0 Å². The summed E-state index contributed by atoms with van der Waals surface area (Å²) < 4.78 is 0. The number of rotatable bonds is 4. The van der Waals surface area contributed by atoms with Gasteiger partial charge in [-0.25, -0.2) is 4.98 Å². The minimum absolute atomic E-state index is 1.03. The molecule has 21 heavy (non-hydrogen) atoms. The predicted octanol–water partition coefficient (Wildman–Crippen LogP) is 3.29. The molecule has 110 valence electrons. The number of hydrogen-bond acceptors (Lipinski definition) is 4. The Morgan fingerprint density at radius 2 is 1.90 bits per heavy atom. The quantitative estimate of drug-likeness (QED) is 0.863. The molecule has 0 unspecified atom stereocenters. The smallest absolute Gasteiger partial charge is 0.185 e. The molecule has 1 aromatic carbocycles. The average Bonchev–Trinajstić information content (AvgIpc) is 2.96. The van der Waals surface area contributed by atoms with Crippen LogP contribution in [0.5, 0.6) is 0 Å². The highest BCUT2D eigenvalue weighted by molar-refractivity contribution is 7.15. The molecule has 1 aromatic heterocycles. The van der Waals surface area contributed by atoms with E-state index in [9.17, 15) is 0 Å². The van der Waals surface area contributed by atoms with E-state index < -0.39 is 0 Å².